The predicted octanol–water partition coefficient (Wildman–Crippen LogP) is 5.05. The third-order valence-corrected chi connectivity index (χ3v) is 2.06. The van der Waals surface area contributed by atoms with Gasteiger partial charge in [-0.25, -0.2) is 30.3 Å². The van der Waals surface area contributed by atoms with Crippen LogP contribution in [0.1, 0.15) is 0 Å². The zero-order valence-corrected chi connectivity index (χ0v) is 12.4. The van der Waals surface area contributed by atoms with Crippen LogP contribution in [-0.4, -0.2) is 0 Å². The molecular formula is C14H13ClSTi. The zero-order chi connectivity index (χ0) is 12.6. The maximum Gasteiger partial charge on any atom is -0.124 e. The first kappa shape index (κ1) is 16.4. The van der Waals surface area contributed by atoms with Crippen LogP contribution in [0.5, 0.6) is 0 Å². The molecule has 2 aromatic carbocycles. The zero-order valence-electron chi connectivity index (χ0n) is 9.29. The topological polar surface area (TPSA) is 0 Å². The number of hydrogen-bond donors (Lipinski definition) is 0. The molecule has 0 fully saturated rings. The Bertz CT molecular complexity index is 248. The Balaban J connectivity index is 0.000000211. The minimum Gasteiger partial charge on any atom is -0.304 e. The van der Waals surface area contributed by atoms with Crippen molar-refractivity contribution in [3.8, 4) is 0 Å². The molecule has 17 heavy (non-hydrogen) atoms. The van der Waals surface area contributed by atoms with Crippen LogP contribution < -0.4 is 0 Å². The van der Waals surface area contributed by atoms with Crippen molar-refractivity contribution in [1.29, 1.82) is 0 Å². The van der Waals surface area contributed by atoms with E-state index in [4.69, 9.17) is 0 Å². The van der Waals surface area contributed by atoms with Crippen LogP contribution in [-0.2, 0) is 19.4 Å². The fraction of sp³-hybridized carbons (Fsp3) is 0. The summed E-state index contributed by atoms with van der Waals surface area (Å²) in [5.41, 5.74) is 0. The Hall–Kier alpha value is -0.596. The van der Waals surface area contributed by atoms with Crippen molar-refractivity contribution in [2.75, 3.05) is 0 Å². The van der Waals surface area contributed by atoms with Gasteiger partial charge in [0.25, 0.3) is 0 Å². The largest absolute Gasteiger partial charge is 0.304 e. The Morgan fingerprint density at radius 2 is 1.29 bits per heavy atom. The number of hydrogen-bond acceptors (Lipinski definition) is 1. The molecule has 0 nitrogen and oxygen atoms in total. The first-order valence-electron chi connectivity index (χ1n) is 4.92. The molecule has 0 saturated heterocycles. The van der Waals surface area contributed by atoms with Crippen molar-refractivity contribution in [2.24, 2.45) is 0 Å². The monoisotopic (exact) mass is 296 g/mol. The van der Waals surface area contributed by atoms with E-state index >= 15 is 0 Å². The molecule has 0 aliphatic heterocycles. The fourth-order valence-electron chi connectivity index (χ4n) is 0.838. The summed E-state index contributed by atoms with van der Waals surface area (Å²) in [6.45, 7) is 0. The average molecular weight is 297 g/mol. The summed E-state index contributed by atoms with van der Waals surface area (Å²) in [6, 6.07) is 23.9. The smallest absolute Gasteiger partial charge is 0.124 e. The second-order valence-corrected chi connectivity index (χ2v) is 3.40. The van der Waals surface area contributed by atoms with Gasteiger partial charge in [0.05, 0.1) is 0 Å². The van der Waals surface area contributed by atoms with Gasteiger partial charge in [0.2, 0.25) is 0 Å². The van der Waals surface area contributed by atoms with Crippen molar-refractivity contribution in [1.82, 2.24) is 0 Å². The van der Waals surface area contributed by atoms with Gasteiger partial charge in [0, 0.05) is 0 Å². The van der Waals surface area contributed by atoms with E-state index in [1.54, 1.807) is 11.3 Å². The predicted molar refractivity (Wildman–Crippen MR) is 73.1 cm³/mol. The molecule has 0 amide bonds. The van der Waals surface area contributed by atoms with Crippen molar-refractivity contribution in [2.45, 2.75) is 0 Å². The van der Waals surface area contributed by atoms with E-state index in [9.17, 15) is 0 Å². The molecule has 0 aliphatic carbocycles. The van der Waals surface area contributed by atoms with Gasteiger partial charge in [-0.3, -0.25) is 0 Å². The van der Waals surface area contributed by atoms with Crippen molar-refractivity contribution < 1.29 is 19.4 Å². The number of rotatable bonds is 0. The van der Waals surface area contributed by atoms with Crippen molar-refractivity contribution in [3.05, 3.63) is 83.6 Å². The first-order valence-corrected chi connectivity index (χ1v) is 7.95. The van der Waals surface area contributed by atoms with Gasteiger partial charge < -0.3 is 11.3 Å². The minimum absolute atomic E-state index is 1.47. The van der Waals surface area contributed by atoms with Crippen LogP contribution in [0, 0.1) is 5.38 Å². The van der Waals surface area contributed by atoms with Gasteiger partial charge in [-0.1, -0.05) is 0 Å². The quantitative estimate of drug-likeness (QED) is 0.402. The first-order chi connectivity index (χ1) is 8.50. The Kier molecular flexibility index (Phi) is 14.9. The molecule has 0 unspecified atom stereocenters. The summed E-state index contributed by atoms with van der Waals surface area (Å²) in [6.07, 6.45) is 0. The van der Waals surface area contributed by atoms with Crippen molar-refractivity contribution in [3.63, 3.8) is 0 Å². The maximum atomic E-state index is 4.64. The summed E-state index contributed by atoms with van der Waals surface area (Å²) in [7, 11) is 4.64. The fourth-order valence-corrected chi connectivity index (χ4v) is 1.23. The Morgan fingerprint density at radius 3 is 1.41 bits per heavy atom. The molecule has 3 aromatic rings. The molecule has 0 radical (unpaired) electrons. The standard InChI is InChI=1S/2C5H5.C4H3S.ClH.Ti/c3*1-2-4-5-3-1;;/h2*1-5H;1-3H;1H;/q3*-1;;+4/p-1. The molecule has 0 atom stereocenters. The van der Waals surface area contributed by atoms with Crippen LogP contribution >= 0.6 is 20.6 Å². The van der Waals surface area contributed by atoms with E-state index in [2.05, 4.69) is 14.7 Å². The average Bonchev–Trinajstić information content (AvgIpc) is 3.16. The molecule has 1 heterocycles. The summed E-state index contributed by atoms with van der Waals surface area (Å²) in [4.78, 5) is 0. The van der Waals surface area contributed by atoms with E-state index in [-0.39, 0.29) is 0 Å². The third-order valence-electron chi connectivity index (χ3n) is 1.49. The van der Waals surface area contributed by atoms with E-state index < -0.39 is 0 Å². The number of thiophene rings is 1. The van der Waals surface area contributed by atoms with Gasteiger partial charge in [-0.05, 0) is 0 Å². The van der Waals surface area contributed by atoms with Gasteiger partial charge >= 0.3 is 28.7 Å². The summed E-state index contributed by atoms with van der Waals surface area (Å²) in [5.74, 6) is 0. The molecule has 3 rings (SSSR count). The normalized spacial score (nSPS) is 7.47. The number of halogens is 1. The molecule has 86 valence electrons. The van der Waals surface area contributed by atoms with E-state index in [1.807, 2.05) is 78.2 Å². The summed E-state index contributed by atoms with van der Waals surface area (Å²) >= 11 is 3.06. The van der Waals surface area contributed by atoms with Crippen LogP contribution in [0.3, 0.4) is 0 Å². The third kappa shape index (κ3) is 13.3. The van der Waals surface area contributed by atoms with Crippen LogP contribution in [0.25, 0.3) is 0 Å². The van der Waals surface area contributed by atoms with E-state index in [0.717, 1.165) is 0 Å². The molecule has 0 aliphatic rings. The van der Waals surface area contributed by atoms with E-state index in [0.29, 0.717) is 0 Å². The summed E-state index contributed by atoms with van der Waals surface area (Å²) in [5, 5.41) is 4.89. The molecule has 1 aromatic heterocycles. The molecular weight excluding hydrogens is 284 g/mol. The maximum absolute atomic E-state index is 4.64. The van der Waals surface area contributed by atoms with Crippen LogP contribution in [0.15, 0.2) is 78.2 Å². The van der Waals surface area contributed by atoms with Gasteiger partial charge in [0.1, 0.15) is 0 Å². The molecule has 0 N–H and O–H groups in total. The second-order valence-electron chi connectivity index (χ2n) is 2.66. The van der Waals surface area contributed by atoms with Gasteiger partial charge in [-0.15, -0.1) is 5.38 Å². The Labute approximate surface area is 123 Å². The second kappa shape index (κ2) is 15.4. The molecule has 0 bridgehead atoms. The van der Waals surface area contributed by atoms with Gasteiger partial charge in [-0.2, -0.15) is 47.8 Å². The molecule has 0 spiro atoms. The minimum atomic E-state index is 1.47. The molecule has 0 saturated carbocycles. The van der Waals surface area contributed by atoms with E-state index in [1.165, 1.54) is 19.4 Å². The SMILES string of the molecule is [Cl][Ti+3].[c-]1cccs1.c1cc[cH-]c1.c1cc[cH-]c1. The van der Waals surface area contributed by atoms with Crippen LogP contribution in [0.2, 0.25) is 0 Å². The van der Waals surface area contributed by atoms with Crippen LogP contribution in [0.4, 0.5) is 0 Å². The summed E-state index contributed by atoms with van der Waals surface area (Å²) < 4.78 is 0. The Morgan fingerprint density at radius 1 is 0.824 bits per heavy atom. The molecule has 3 heteroatoms. The van der Waals surface area contributed by atoms with Crippen molar-refractivity contribution >= 4 is 20.6 Å². The van der Waals surface area contributed by atoms with Gasteiger partial charge in [0.15, 0.2) is 0 Å².